The Kier molecular flexibility index (Phi) is 4.75. The monoisotopic (exact) mass is 251 g/mol. The summed E-state index contributed by atoms with van der Waals surface area (Å²) in [5.41, 5.74) is 1.14. The molecule has 0 aliphatic rings. The average molecular weight is 251 g/mol. The minimum atomic E-state index is -1.71. The highest BCUT2D eigenvalue weighted by atomic mass is 28.3. The normalized spacial score (nSPS) is 11.1. The molecule has 0 N–H and O–H groups in total. The lowest BCUT2D eigenvalue weighted by Gasteiger charge is -2.33. The van der Waals surface area contributed by atoms with Gasteiger partial charge in [-0.05, 0) is 12.5 Å². The quantitative estimate of drug-likeness (QED) is 0.767. The van der Waals surface area contributed by atoms with Gasteiger partial charge in [-0.3, -0.25) is 0 Å². The molecule has 0 aromatic heterocycles. The van der Waals surface area contributed by atoms with E-state index in [1.54, 1.807) is 0 Å². The largest absolute Gasteiger partial charge is 0.450 e. The highest BCUT2D eigenvalue weighted by Crippen LogP contribution is 2.15. The van der Waals surface area contributed by atoms with Crippen molar-refractivity contribution in [2.45, 2.75) is 33.1 Å². The zero-order valence-corrected chi connectivity index (χ0v) is 12.1. The highest BCUT2D eigenvalue weighted by Gasteiger charge is 2.29. The Hall–Kier alpha value is -1.29. The van der Waals surface area contributed by atoms with E-state index in [9.17, 15) is 4.79 Å². The van der Waals surface area contributed by atoms with Crippen LogP contribution < -0.4 is 0 Å². The lowest BCUT2D eigenvalue weighted by atomic mass is 10.2. The number of nitrogens with zero attached hydrogens (tertiary/aromatic N) is 1. The van der Waals surface area contributed by atoms with Crippen LogP contribution in [0.5, 0.6) is 0 Å². The van der Waals surface area contributed by atoms with Crippen LogP contribution in [0.15, 0.2) is 30.3 Å². The zero-order chi connectivity index (χ0) is 12.9. The fraction of sp³-hybridized carbons (Fsp3) is 0.462. The molecule has 94 valence electrons. The van der Waals surface area contributed by atoms with E-state index >= 15 is 0 Å². The first-order valence-corrected chi connectivity index (χ1v) is 9.38. The molecule has 17 heavy (non-hydrogen) atoms. The Morgan fingerprint density at radius 1 is 1.24 bits per heavy atom. The van der Waals surface area contributed by atoms with Gasteiger partial charge in [0.15, 0.2) is 8.24 Å². The van der Waals surface area contributed by atoms with Gasteiger partial charge < -0.3 is 9.30 Å². The van der Waals surface area contributed by atoms with Crippen LogP contribution in [0.3, 0.4) is 0 Å². The van der Waals surface area contributed by atoms with Crippen molar-refractivity contribution in [3.8, 4) is 0 Å². The molecule has 1 aromatic rings. The summed E-state index contributed by atoms with van der Waals surface area (Å²) in [7, 11) is -1.71. The maximum absolute atomic E-state index is 11.9. The molecule has 0 bridgehead atoms. The first-order valence-electron chi connectivity index (χ1n) is 5.93. The summed E-state index contributed by atoms with van der Waals surface area (Å²) in [4.78, 5) is 11.9. The standard InChI is InChI=1S/C13H21NO2Si/c1-5-16-13(15)14(17(2,3)4)11-12-9-7-6-8-10-12/h6-10H,5,11H2,1-4H3. The third-order valence-corrected chi connectivity index (χ3v) is 4.44. The molecule has 0 fully saturated rings. The Morgan fingerprint density at radius 2 is 1.82 bits per heavy atom. The molecule has 0 unspecified atom stereocenters. The third kappa shape index (κ3) is 4.23. The van der Waals surface area contributed by atoms with Crippen LogP contribution in [0.1, 0.15) is 12.5 Å². The van der Waals surface area contributed by atoms with E-state index in [2.05, 4.69) is 19.6 Å². The van der Waals surface area contributed by atoms with Crippen LogP contribution in [0.2, 0.25) is 19.6 Å². The Bertz CT molecular complexity index is 359. The molecule has 3 nitrogen and oxygen atoms in total. The van der Waals surface area contributed by atoms with E-state index in [1.165, 1.54) is 0 Å². The number of rotatable bonds is 4. The van der Waals surface area contributed by atoms with Gasteiger partial charge in [-0.2, -0.15) is 0 Å². The number of benzene rings is 1. The molecule has 0 saturated heterocycles. The van der Waals surface area contributed by atoms with E-state index in [4.69, 9.17) is 4.74 Å². The van der Waals surface area contributed by atoms with Crippen molar-refractivity contribution >= 4 is 14.3 Å². The second-order valence-corrected chi connectivity index (χ2v) is 9.82. The zero-order valence-electron chi connectivity index (χ0n) is 11.1. The molecule has 0 heterocycles. The second kappa shape index (κ2) is 5.86. The Labute approximate surface area is 104 Å². The number of ether oxygens (including phenoxy) is 1. The minimum absolute atomic E-state index is 0.199. The van der Waals surface area contributed by atoms with E-state index in [-0.39, 0.29) is 6.09 Å². The minimum Gasteiger partial charge on any atom is -0.450 e. The predicted molar refractivity (Wildman–Crippen MR) is 72.4 cm³/mol. The smallest absolute Gasteiger partial charge is 0.401 e. The van der Waals surface area contributed by atoms with Crippen molar-refractivity contribution in [1.82, 2.24) is 4.57 Å². The van der Waals surface area contributed by atoms with Gasteiger partial charge in [-0.15, -0.1) is 0 Å². The summed E-state index contributed by atoms with van der Waals surface area (Å²) in [6.45, 7) is 9.33. The first kappa shape index (κ1) is 13.8. The van der Waals surface area contributed by atoms with Crippen molar-refractivity contribution < 1.29 is 9.53 Å². The lowest BCUT2D eigenvalue weighted by molar-refractivity contribution is 0.127. The van der Waals surface area contributed by atoms with Gasteiger partial charge >= 0.3 is 6.09 Å². The van der Waals surface area contributed by atoms with Crippen LogP contribution in [0, 0.1) is 0 Å². The molecule has 0 atom stereocenters. The summed E-state index contributed by atoms with van der Waals surface area (Å²) < 4.78 is 7.01. The predicted octanol–water partition coefficient (Wildman–Crippen LogP) is 3.48. The summed E-state index contributed by atoms with van der Waals surface area (Å²) in [5, 5.41) is 0. The lowest BCUT2D eigenvalue weighted by Crippen LogP contribution is -2.49. The fourth-order valence-electron chi connectivity index (χ4n) is 1.54. The van der Waals surface area contributed by atoms with Gasteiger partial charge in [0.05, 0.1) is 6.61 Å². The molecule has 1 aromatic carbocycles. The Balaban J connectivity index is 2.82. The average Bonchev–Trinajstić information content (AvgIpc) is 2.26. The summed E-state index contributed by atoms with van der Waals surface area (Å²) in [6.07, 6.45) is -0.199. The molecule has 1 amide bonds. The third-order valence-electron chi connectivity index (χ3n) is 2.48. The van der Waals surface area contributed by atoms with Crippen molar-refractivity contribution in [3.63, 3.8) is 0 Å². The Morgan fingerprint density at radius 3 is 2.29 bits per heavy atom. The van der Waals surface area contributed by atoms with Crippen LogP contribution in [0.4, 0.5) is 4.79 Å². The number of hydrogen-bond donors (Lipinski definition) is 0. The van der Waals surface area contributed by atoms with Gasteiger partial charge in [0.25, 0.3) is 0 Å². The molecule has 0 aliphatic heterocycles. The molecular weight excluding hydrogens is 230 g/mol. The van der Waals surface area contributed by atoms with Gasteiger partial charge in [-0.1, -0.05) is 50.0 Å². The summed E-state index contributed by atoms with van der Waals surface area (Å²) in [5.74, 6) is 0. The first-order chi connectivity index (χ1) is 7.95. The van der Waals surface area contributed by atoms with Crippen molar-refractivity contribution in [2.24, 2.45) is 0 Å². The number of hydrogen-bond acceptors (Lipinski definition) is 2. The van der Waals surface area contributed by atoms with E-state index < -0.39 is 8.24 Å². The molecule has 0 saturated carbocycles. The van der Waals surface area contributed by atoms with Gasteiger partial charge in [-0.25, -0.2) is 4.79 Å². The van der Waals surface area contributed by atoms with Crippen molar-refractivity contribution in [2.75, 3.05) is 6.61 Å². The SMILES string of the molecule is CCOC(=O)N(Cc1ccccc1)[Si](C)(C)C. The molecule has 0 spiro atoms. The summed E-state index contributed by atoms with van der Waals surface area (Å²) in [6, 6.07) is 10.0. The second-order valence-electron chi connectivity index (χ2n) is 4.94. The number of carbonyl (C=O) groups is 1. The maximum Gasteiger partial charge on any atom is 0.401 e. The molecule has 1 rings (SSSR count). The van der Waals surface area contributed by atoms with Crippen LogP contribution in [0.25, 0.3) is 0 Å². The molecular formula is C13H21NO2Si. The number of carbonyl (C=O) groups excluding carboxylic acids is 1. The number of amides is 1. The van der Waals surface area contributed by atoms with Crippen molar-refractivity contribution in [1.29, 1.82) is 0 Å². The van der Waals surface area contributed by atoms with Gasteiger partial charge in [0.2, 0.25) is 0 Å². The van der Waals surface area contributed by atoms with E-state index in [0.717, 1.165) is 5.56 Å². The van der Waals surface area contributed by atoms with Gasteiger partial charge in [0, 0.05) is 6.54 Å². The summed E-state index contributed by atoms with van der Waals surface area (Å²) >= 11 is 0. The van der Waals surface area contributed by atoms with E-state index in [0.29, 0.717) is 13.2 Å². The molecule has 0 radical (unpaired) electrons. The fourth-order valence-corrected chi connectivity index (χ4v) is 2.81. The molecule has 4 heteroatoms. The van der Waals surface area contributed by atoms with Crippen LogP contribution >= 0.6 is 0 Å². The van der Waals surface area contributed by atoms with Crippen molar-refractivity contribution in [3.05, 3.63) is 35.9 Å². The molecule has 0 aliphatic carbocycles. The van der Waals surface area contributed by atoms with Gasteiger partial charge in [0.1, 0.15) is 0 Å². The maximum atomic E-state index is 11.9. The topological polar surface area (TPSA) is 29.5 Å². The highest BCUT2D eigenvalue weighted by molar-refractivity contribution is 6.75. The van der Waals surface area contributed by atoms with Crippen LogP contribution in [-0.4, -0.2) is 25.5 Å². The van der Waals surface area contributed by atoms with Crippen LogP contribution in [-0.2, 0) is 11.3 Å². The van der Waals surface area contributed by atoms with E-state index in [1.807, 2.05) is 41.8 Å².